The molecule has 7 nitrogen and oxygen atoms in total. The molecule has 0 saturated carbocycles. The van der Waals surface area contributed by atoms with E-state index in [-0.39, 0.29) is 48.1 Å². The second kappa shape index (κ2) is 11.9. The predicted molar refractivity (Wildman–Crippen MR) is 107 cm³/mol. The van der Waals surface area contributed by atoms with E-state index in [2.05, 4.69) is 29.5 Å². The predicted octanol–water partition coefficient (Wildman–Crippen LogP) is 1.22. The van der Waals surface area contributed by atoms with Crippen LogP contribution in [0.25, 0.3) is 0 Å². The summed E-state index contributed by atoms with van der Waals surface area (Å²) in [6, 6.07) is 0.281. The van der Waals surface area contributed by atoms with Crippen LogP contribution in [0.5, 0.6) is 0 Å². The van der Waals surface area contributed by atoms with Gasteiger partial charge in [-0.2, -0.15) is 0 Å². The van der Waals surface area contributed by atoms with Crippen LogP contribution in [-0.4, -0.2) is 75.9 Å². The van der Waals surface area contributed by atoms with Gasteiger partial charge in [0.15, 0.2) is 5.96 Å². The molecule has 0 radical (unpaired) electrons. The molecule has 1 unspecified atom stereocenters. The second-order valence-electron chi connectivity index (χ2n) is 6.26. The largest absolute Gasteiger partial charge is 0.381 e. The minimum Gasteiger partial charge on any atom is -0.381 e. The van der Waals surface area contributed by atoms with E-state index in [1.54, 1.807) is 26.1 Å². The number of hydrogen-bond acceptors (Lipinski definition) is 4. The molecule has 1 rings (SSSR count). The molecule has 0 aromatic heterocycles. The Morgan fingerprint density at radius 3 is 2.50 bits per heavy atom. The zero-order valence-electron chi connectivity index (χ0n) is 15.6. The van der Waals surface area contributed by atoms with Crippen molar-refractivity contribution in [3.8, 4) is 0 Å². The van der Waals surface area contributed by atoms with Crippen molar-refractivity contribution in [2.24, 2.45) is 4.99 Å². The van der Waals surface area contributed by atoms with Gasteiger partial charge < -0.3 is 25.0 Å². The summed E-state index contributed by atoms with van der Waals surface area (Å²) in [5.41, 5.74) is -0.234. The number of hydrogen-bond donors (Lipinski definition) is 2. The van der Waals surface area contributed by atoms with Gasteiger partial charge in [-0.25, -0.2) is 4.99 Å². The first-order valence-electron chi connectivity index (χ1n) is 8.30. The van der Waals surface area contributed by atoms with Crippen LogP contribution in [-0.2, 0) is 14.3 Å². The van der Waals surface area contributed by atoms with Crippen molar-refractivity contribution in [2.75, 3.05) is 47.5 Å². The Kier molecular flexibility index (Phi) is 11.6. The Bertz CT molecular complexity index is 399. The number of halogens is 1. The number of nitrogens with zero attached hydrogens (tertiary/aromatic N) is 2. The molecule has 1 heterocycles. The van der Waals surface area contributed by atoms with Crippen molar-refractivity contribution in [3.05, 3.63) is 0 Å². The molecule has 2 N–H and O–H groups in total. The Morgan fingerprint density at radius 2 is 2.00 bits per heavy atom. The van der Waals surface area contributed by atoms with Gasteiger partial charge in [-0.05, 0) is 13.3 Å². The molecule has 8 heteroatoms. The van der Waals surface area contributed by atoms with Crippen molar-refractivity contribution in [2.45, 2.75) is 44.8 Å². The number of rotatable bonds is 7. The molecule has 24 heavy (non-hydrogen) atoms. The van der Waals surface area contributed by atoms with Gasteiger partial charge in [-0.1, -0.05) is 6.92 Å². The van der Waals surface area contributed by atoms with E-state index in [9.17, 15) is 4.79 Å². The zero-order valence-corrected chi connectivity index (χ0v) is 17.9. The summed E-state index contributed by atoms with van der Waals surface area (Å²) in [4.78, 5) is 17.7. The standard InChI is InChI=1S/C16H32N4O3.HI/c1-6-13(2)19-15(17-11-14(21)20(3)4)18-12-16(22-5)7-9-23-10-8-16;/h13H,6-12H2,1-5H3,(H2,17,18,19);1H. The number of amides is 1. The number of ether oxygens (including phenoxy) is 2. The molecule has 1 aliphatic rings. The number of nitrogens with one attached hydrogen (secondary N) is 2. The van der Waals surface area contributed by atoms with E-state index >= 15 is 0 Å². The van der Waals surface area contributed by atoms with Gasteiger partial charge in [-0.15, -0.1) is 24.0 Å². The highest BCUT2D eigenvalue weighted by atomic mass is 127. The molecule has 0 bridgehead atoms. The maximum absolute atomic E-state index is 11.7. The summed E-state index contributed by atoms with van der Waals surface area (Å²) < 4.78 is 11.1. The van der Waals surface area contributed by atoms with Gasteiger partial charge in [0.25, 0.3) is 0 Å². The van der Waals surface area contributed by atoms with Crippen molar-refractivity contribution in [3.63, 3.8) is 0 Å². The van der Waals surface area contributed by atoms with Gasteiger partial charge in [0.2, 0.25) is 5.91 Å². The summed E-state index contributed by atoms with van der Waals surface area (Å²) in [6.45, 7) is 6.38. The van der Waals surface area contributed by atoms with E-state index in [1.165, 1.54) is 0 Å². The highest BCUT2D eigenvalue weighted by Crippen LogP contribution is 2.23. The molecular formula is C16H33IN4O3. The monoisotopic (exact) mass is 456 g/mol. The molecule has 1 saturated heterocycles. The van der Waals surface area contributed by atoms with Gasteiger partial charge in [0.1, 0.15) is 6.54 Å². The number of guanidine groups is 1. The van der Waals surface area contributed by atoms with Crippen LogP contribution < -0.4 is 10.6 Å². The van der Waals surface area contributed by atoms with Crippen molar-refractivity contribution in [1.82, 2.24) is 15.5 Å². The third kappa shape index (κ3) is 7.98. The average Bonchev–Trinajstić information content (AvgIpc) is 2.57. The summed E-state index contributed by atoms with van der Waals surface area (Å²) in [5.74, 6) is 0.625. The third-order valence-electron chi connectivity index (χ3n) is 4.28. The van der Waals surface area contributed by atoms with Crippen LogP contribution in [0, 0.1) is 0 Å². The molecule has 0 aromatic carbocycles. The number of carbonyl (C=O) groups is 1. The molecule has 1 fully saturated rings. The minimum atomic E-state index is -0.234. The summed E-state index contributed by atoms with van der Waals surface area (Å²) in [6.07, 6.45) is 2.68. The highest BCUT2D eigenvalue weighted by molar-refractivity contribution is 14.0. The van der Waals surface area contributed by atoms with Crippen LogP contribution >= 0.6 is 24.0 Å². The lowest BCUT2D eigenvalue weighted by Gasteiger charge is -2.36. The lowest BCUT2D eigenvalue weighted by molar-refractivity contribution is -0.127. The van der Waals surface area contributed by atoms with Crippen LogP contribution in [0.3, 0.4) is 0 Å². The van der Waals surface area contributed by atoms with Gasteiger partial charge >= 0.3 is 0 Å². The molecular weight excluding hydrogens is 423 g/mol. The topological polar surface area (TPSA) is 75.2 Å². The van der Waals surface area contributed by atoms with E-state index in [1.807, 2.05) is 0 Å². The third-order valence-corrected chi connectivity index (χ3v) is 4.28. The van der Waals surface area contributed by atoms with Crippen molar-refractivity contribution < 1.29 is 14.3 Å². The Morgan fingerprint density at radius 1 is 1.38 bits per heavy atom. The maximum atomic E-state index is 11.7. The second-order valence-corrected chi connectivity index (χ2v) is 6.26. The van der Waals surface area contributed by atoms with E-state index in [4.69, 9.17) is 9.47 Å². The smallest absolute Gasteiger partial charge is 0.243 e. The average molecular weight is 456 g/mol. The van der Waals surface area contributed by atoms with E-state index < -0.39 is 0 Å². The quantitative estimate of drug-likeness (QED) is 0.343. The van der Waals surface area contributed by atoms with Crippen LogP contribution in [0.1, 0.15) is 33.1 Å². The Hall–Kier alpha value is -0.610. The number of likely N-dealkylation sites (N-methyl/N-ethyl adjacent to an activating group) is 1. The van der Waals surface area contributed by atoms with Crippen LogP contribution in [0.15, 0.2) is 4.99 Å². The van der Waals surface area contributed by atoms with Gasteiger partial charge in [0.05, 0.1) is 5.60 Å². The van der Waals surface area contributed by atoms with E-state index in [0.29, 0.717) is 25.7 Å². The zero-order chi connectivity index (χ0) is 17.3. The molecule has 0 aromatic rings. The summed E-state index contributed by atoms with van der Waals surface area (Å²) in [7, 11) is 5.20. The minimum absolute atomic E-state index is 0. The first-order chi connectivity index (χ1) is 10.9. The molecule has 0 aliphatic carbocycles. The molecule has 1 atom stereocenters. The number of aliphatic imine (C=N–C) groups is 1. The number of carbonyl (C=O) groups excluding carboxylic acids is 1. The number of methoxy groups -OCH3 is 1. The molecule has 1 amide bonds. The Balaban J connectivity index is 0.00000529. The lowest BCUT2D eigenvalue weighted by atomic mass is 9.94. The van der Waals surface area contributed by atoms with Crippen LogP contribution in [0.4, 0.5) is 0 Å². The van der Waals surface area contributed by atoms with E-state index in [0.717, 1.165) is 19.3 Å². The molecule has 1 aliphatic heterocycles. The van der Waals surface area contributed by atoms with Gasteiger partial charge in [0, 0.05) is 59.8 Å². The fourth-order valence-electron chi connectivity index (χ4n) is 2.22. The van der Waals surface area contributed by atoms with Crippen molar-refractivity contribution >= 4 is 35.8 Å². The maximum Gasteiger partial charge on any atom is 0.243 e. The fourth-order valence-corrected chi connectivity index (χ4v) is 2.22. The molecule has 0 spiro atoms. The van der Waals surface area contributed by atoms with Crippen LogP contribution in [0.2, 0.25) is 0 Å². The Labute approximate surface area is 162 Å². The summed E-state index contributed by atoms with van der Waals surface area (Å²) >= 11 is 0. The highest BCUT2D eigenvalue weighted by Gasteiger charge is 2.32. The summed E-state index contributed by atoms with van der Waals surface area (Å²) in [5, 5.41) is 6.65. The van der Waals surface area contributed by atoms with Gasteiger partial charge in [-0.3, -0.25) is 4.79 Å². The first kappa shape index (κ1) is 23.4. The lowest BCUT2D eigenvalue weighted by Crippen LogP contribution is -2.52. The first-order valence-corrected chi connectivity index (χ1v) is 8.30. The fraction of sp³-hybridized carbons (Fsp3) is 0.875. The SMILES string of the molecule is CCC(C)NC(=NCC(=O)N(C)C)NCC1(OC)CCOCC1.I. The molecule has 142 valence electrons. The normalized spacial score (nSPS) is 18.3. The van der Waals surface area contributed by atoms with Crippen molar-refractivity contribution in [1.29, 1.82) is 0 Å².